The number of amides is 1. The summed E-state index contributed by atoms with van der Waals surface area (Å²) in [6.07, 6.45) is 3.18. The van der Waals surface area contributed by atoms with Crippen molar-refractivity contribution in [1.82, 2.24) is 15.1 Å². The number of aromatic nitrogens is 2. The molecule has 23 heavy (non-hydrogen) atoms. The molecule has 0 bridgehead atoms. The van der Waals surface area contributed by atoms with Gasteiger partial charge >= 0.3 is 5.97 Å². The molecule has 2 heterocycles. The average Bonchev–Trinajstić information content (AvgIpc) is 3.00. The van der Waals surface area contributed by atoms with E-state index in [-0.39, 0.29) is 11.8 Å². The quantitative estimate of drug-likeness (QED) is 0.911. The van der Waals surface area contributed by atoms with Gasteiger partial charge in [-0.3, -0.25) is 9.89 Å². The first kappa shape index (κ1) is 15.3. The summed E-state index contributed by atoms with van der Waals surface area (Å²) in [6.45, 7) is 3.10. The number of carbonyl (C=O) groups excluding carboxylic acids is 1. The van der Waals surface area contributed by atoms with Crippen LogP contribution in [0.4, 0.5) is 0 Å². The summed E-state index contributed by atoms with van der Waals surface area (Å²) in [6, 6.07) is 7.13. The zero-order valence-corrected chi connectivity index (χ0v) is 13.0. The lowest BCUT2D eigenvalue weighted by molar-refractivity contribution is 0.0678. The van der Waals surface area contributed by atoms with Crippen molar-refractivity contribution in [1.29, 1.82) is 0 Å². The van der Waals surface area contributed by atoms with Crippen LogP contribution < -0.4 is 0 Å². The van der Waals surface area contributed by atoms with Crippen LogP contribution in [0.15, 0.2) is 30.5 Å². The first-order valence-corrected chi connectivity index (χ1v) is 7.69. The van der Waals surface area contributed by atoms with Crippen molar-refractivity contribution in [2.24, 2.45) is 0 Å². The molecule has 2 aromatic rings. The minimum Gasteiger partial charge on any atom is -0.478 e. The number of carboxylic acids is 1. The van der Waals surface area contributed by atoms with Crippen LogP contribution >= 0.6 is 0 Å². The van der Waals surface area contributed by atoms with Gasteiger partial charge in [0.25, 0.3) is 5.91 Å². The van der Waals surface area contributed by atoms with Gasteiger partial charge in [-0.25, -0.2) is 4.79 Å². The summed E-state index contributed by atoms with van der Waals surface area (Å²) in [5, 5.41) is 16.0. The van der Waals surface area contributed by atoms with E-state index < -0.39 is 5.97 Å². The Morgan fingerprint density at radius 3 is 2.57 bits per heavy atom. The number of aromatic carboxylic acids is 1. The number of likely N-dealkylation sites (tertiary alicyclic amines) is 1. The second kappa shape index (κ2) is 6.24. The molecule has 1 fully saturated rings. The van der Waals surface area contributed by atoms with E-state index in [0.29, 0.717) is 24.3 Å². The minimum atomic E-state index is -0.896. The number of carboxylic acid groups (broad SMARTS) is 1. The van der Waals surface area contributed by atoms with Crippen LogP contribution in [0.5, 0.6) is 0 Å². The third kappa shape index (κ3) is 2.97. The molecule has 1 aromatic heterocycles. The Morgan fingerprint density at radius 1 is 1.26 bits per heavy atom. The maximum absolute atomic E-state index is 12.5. The predicted octanol–water partition coefficient (Wildman–Crippen LogP) is 2.44. The van der Waals surface area contributed by atoms with Crippen molar-refractivity contribution < 1.29 is 14.7 Å². The van der Waals surface area contributed by atoms with Gasteiger partial charge in [-0.05, 0) is 42.9 Å². The summed E-state index contributed by atoms with van der Waals surface area (Å²) >= 11 is 0. The van der Waals surface area contributed by atoms with E-state index in [1.807, 2.05) is 19.1 Å². The molecule has 6 nitrogen and oxygen atoms in total. The molecule has 1 aliphatic heterocycles. The van der Waals surface area contributed by atoms with Gasteiger partial charge < -0.3 is 10.0 Å². The number of aryl methyl sites for hydroxylation is 1. The summed E-state index contributed by atoms with van der Waals surface area (Å²) in [4.78, 5) is 25.6. The van der Waals surface area contributed by atoms with Crippen LogP contribution in [0.25, 0.3) is 0 Å². The maximum Gasteiger partial charge on any atom is 0.335 e. The lowest BCUT2D eigenvalue weighted by Gasteiger charge is -2.32. The van der Waals surface area contributed by atoms with Crippen LogP contribution in [-0.2, 0) is 0 Å². The number of piperidine rings is 1. The second-order valence-corrected chi connectivity index (χ2v) is 5.89. The molecular weight excluding hydrogens is 294 g/mol. The van der Waals surface area contributed by atoms with Crippen molar-refractivity contribution in [2.75, 3.05) is 13.1 Å². The normalized spacial score (nSPS) is 15.6. The van der Waals surface area contributed by atoms with Gasteiger partial charge in [0.2, 0.25) is 0 Å². The highest BCUT2D eigenvalue weighted by Gasteiger charge is 2.27. The first-order chi connectivity index (χ1) is 11.1. The fraction of sp³-hybridized carbons (Fsp3) is 0.353. The van der Waals surface area contributed by atoms with Gasteiger partial charge in [-0.1, -0.05) is 18.2 Å². The van der Waals surface area contributed by atoms with Crippen molar-refractivity contribution in [3.8, 4) is 0 Å². The fourth-order valence-electron chi connectivity index (χ4n) is 3.16. The van der Waals surface area contributed by atoms with E-state index in [2.05, 4.69) is 10.2 Å². The van der Waals surface area contributed by atoms with E-state index in [1.54, 1.807) is 23.2 Å². The lowest BCUT2D eigenvalue weighted by atomic mass is 9.86. The van der Waals surface area contributed by atoms with Gasteiger partial charge in [0.05, 0.1) is 11.8 Å². The minimum absolute atomic E-state index is 0.0371. The van der Waals surface area contributed by atoms with Crippen molar-refractivity contribution in [2.45, 2.75) is 25.7 Å². The van der Waals surface area contributed by atoms with Crippen molar-refractivity contribution in [3.63, 3.8) is 0 Å². The van der Waals surface area contributed by atoms with E-state index in [0.717, 1.165) is 24.0 Å². The number of H-pyrrole nitrogens is 1. The molecule has 0 aliphatic carbocycles. The Hall–Kier alpha value is -2.63. The molecule has 0 saturated carbocycles. The average molecular weight is 313 g/mol. The molecule has 2 N–H and O–H groups in total. The number of carbonyl (C=O) groups is 2. The summed E-state index contributed by atoms with van der Waals surface area (Å²) in [5.74, 6) is -0.758. The largest absolute Gasteiger partial charge is 0.478 e. The number of rotatable bonds is 3. The Bertz CT molecular complexity index is 730. The van der Waals surface area contributed by atoms with E-state index in [1.165, 1.54) is 0 Å². The molecule has 120 valence electrons. The predicted molar refractivity (Wildman–Crippen MR) is 84.6 cm³/mol. The molecule has 0 spiro atoms. The number of nitrogens with one attached hydrogen (secondary N) is 1. The van der Waals surface area contributed by atoms with Crippen LogP contribution in [0, 0.1) is 6.92 Å². The van der Waals surface area contributed by atoms with Gasteiger partial charge in [0.1, 0.15) is 5.69 Å². The monoisotopic (exact) mass is 313 g/mol. The zero-order valence-electron chi connectivity index (χ0n) is 13.0. The van der Waals surface area contributed by atoms with Crippen molar-refractivity contribution in [3.05, 3.63) is 52.8 Å². The zero-order chi connectivity index (χ0) is 16.4. The standard InChI is InChI=1S/C17H19N3O3/c1-11-10-18-19-15(11)16(21)20-8-6-12(7-9-20)13-4-2-3-5-14(13)17(22)23/h2-5,10,12H,6-9H2,1H3,(H,18,19)(H,22,23). The van der Waals surface area contributed by atoms with Crippen LogP contribution in [0.3, 0.4) is 0 Å². The Labute approximate surface area is 134 Å². The van der Waals surface area contributed by atoms with Crippen molar-refractivity contribution >= 4 is 11.9 Å². The highest BCUT2D eigenvalue weighted by molar-refractivity contribution is 5.93. The highest BCUT2D eigenvalue weighted by Crippen LogP contribution is 2.31. The maximum atomic E-state index is 12.5. The van der Waals surface area contributed by atoms with Gasteiger partial charge in [0.15, 0.2) is 0 Å². The molecule has 3 rings (SSSR count). The number of hydrogen-bond donors (Lipinski definition) is 2. The van der Waals surface area contributed by atoms with E-state index in [4.69, 9.17) is 0 Å². The molecule has 1 saturated heterocycles. The third-order valence-electron chi connectivity index (χ3n) is 4.46. The van der Waals surface area contributed by atoms with Gasteiger partial charge in [0, 0.05) is 13.1 Å². The number of benzene rings is 1. The Morgan fingerprint density at radius 2 is 1.96 bits per heavy atom. The summed E-state index contributed by atoms with van der Waals surface area (Å²) in [5.41, 5.74) is 2.61. The summed E-state index contributed by atoms with van der Waals surface area (Å²) in [7, 11) is 0. The van der Waals surface area contributed by atoms with Crippen LogP contribution in [0.2, 0.25) is 0 Å². The summed E-state index contributed by atoms with van der Waals surface area (Å²) < 4.78 is 0. The molecule has 6 heteroatoms. The second-order valence-electron chi connectivity index (χ2n) is 5.89. The van der Waals surface area contributed by atoms with Crippen LogP contribution in [-0.4, -0.2) is 45.2 Å². The fourth-order valence-corrected chi connectivity index (χ4v) is 3.16. The van der Waals surface area contributed by atoms with Gasteiger partial charge in [-0.2, -0.15) is 5.10 Å². The van der Waals surface area contributed by atoms with Gasteiger partial charge in [-0.15, -0.1) is 0 Å². The first-order valence-electron chi connectivity index (χ1n) is 7.69. The molecule has 1 aromatic carbocycles. The van der Waals surface area contributed by atoms with E-state index >= 15 is 0 Å². The smallest absolute Gasteiger partial charge is 0.335 e. The highest BCUT2D eigenvalue weighted by atomic mass is 16.4. The Kier molecular flexibility index (Phi) is 4.14. The lowest BCUT2D eigenvalue weighted by Crippen LogP contribution is -2.38. The Balaban J connectivity index is 1.71. The molecule has 0 unspecified atom stereocenters. The molecule has 0 radical (unpaired) electrons. The molecule has 1 aliphatic rings. The molecule has 1 amide bonds. The molecular formula is C17H19N3O3. The number of hydrogen-bond acceptors (Lipinski definition) is 3. The number of aromatic amines is 1. The SMILES string of the molecule is Cc1cn[nH]c1C(=O)N1CCC(c2ccccc2C(=O)O)CC1. The number of nitrogens with zero attached hydrogens (tertiary/aromatic N) is 2. The molecule has 0 atom stereocenters. The van der Waals surface area contributed by atoms with E-state index in [9.17, 15) is 14.7 Å². The topological polar surface area (TPSA) is 86.3 Å². The van der Waals surface area contributed by atoms with Crippen LogP contribution in [0.1, 0.15) is 50.7 Å². The third-order valence-corrected chi connectivity index (χ3v) is 4.46.